The molecule has 0 aliphatic carbocycles. The highest BCUT2D eigenvalue weighted by atomic mass is 35.5. The van der Waals surface area contributed by atoms with E-state index in [0.717, 1.165) is 31.7 Å². The summed E-state index contributed by atoms with van der Waals surface area (Å²) in [6.45, 7) is 0.695. The van der Waals surface area contributed by atoms with Crippen LogP contribution in [0.15, 0.2) is 40.3 Å². The van der Waals surface area contributed by atoms with Crippen molar-refractivity contribution in [1.29, 1.82) is 0 Å². The molecule has 0 saturated heterocycles. The molecule has 0 fully saturated rings. The van der Waals surface area contributed by atoms with Crippen LogP contribution >= 0.6 is 11.6 Å². The summed E-state index contributed by atoms with van der Waals surface area (Å²) in [4.78, 5) is 8.90. The van der Waals surface area contributed by atoms with Crippen LogP contribution in [-0.2, 0) is 6.54 Å². The van der Waals surface area contributed by atoms with E-state index in [9.17, 15) is 0 Å². The monoisotopic (exact) mass is 252 g/mol. The molecule has 2 aromatic rings. The molecule has 3 heteroatoms. The first-order valence-electron chi connectivity index (χ1n) is 5.84. The molecule has 18 heavy (non-hydrogen) atoms. The van der Waals surface area contributed by atoms with Gasteiger partial charge >= 0.3 is 0 Å². The van der Waals surface area contributed by atoms with Crippen LogP contribution in [-0.4, -0.2) is 6.21 Å². The molecule has 0 amide bonds. The quantitative estimate of drug-likeness (QED) is 0.586. The average Bonchev–Trinajstić information content (AvgIpc) is 2.79. The first kappa shape index (κ1) is 10.0. The summed E-state index contributed by atoms with van der Waals surface area (Å²) in [5.41, 5.74) is 2.07. The Hall–Kier alpha value is -1.93. The summed E-state index contributed by atoms with van der Waals surface area (Å²) in [5, 5.41) is 5.08. The maximum Gasteiger partial charge on any atom is 0.0908 e. The van der Waals surface area contributed by atoms with Gasteiger partial charge < -0.3 is 0 Å². The van der Waals surface area contributed by atoms with Gasteiger partial charge in [0.25, 0.3) is 0 Å². The van der Waals surface area contributed by atoms with E-state index >= 15 is 0 Å². The predicted molar refractivity (Wildman–Crippen MR) is 72.7 cm³/mol. The van der Waals surface area contributed by atoms with E-state index in [4.69, 9.17) is 11.6 Å². The van der Waals surface area contributed by atoms with Crippen molar-refractivity contribution in [2.75, 3.05) is 0 Å². The summed E-state index contributed by atoms with van der Waals surface area (Å²) in [5.74, 6) is 0. The minimum atomic E-state index is 0.695. The maximum atomic E-state index is 6.48. The van der Waals surface area contributed by atoms with E-state index in [0.29, 0.717) is 6.54 Å². The third kappa shape index (κ3) is 1.24. The highest BCUT2D eigenvalue weighted by Crippen LogP contribution is 2.26. The average molecular weight is 253 g/mol. The summed E-state index contributed by atoms with van der Waals surface area (Å²) in [7, 11) is 0. The summed E-state index contributed by atoms with van der Waals surface area (Å²) in [6.07, 6.45) is 3.77. The summed E-state index contributed by atoms with van der Waals surface area (Å²) in [6, 6.07) is 10.3. The van der Waals surface area contributed by atoms with Gasteiger partial charge in [-0.05, 0) is 23.8 Å². The van der Waals surface area contributed by atoms with Crippen molar-refractivity contribution in [3.63, 3.8) is 0 Å². The molecular weight excluding hydrogens is 244 g/mol. The molecule has 2 heterocycles. The van der Waals surface area contributed by atoms with E-state index in [1.54, 1.807) is 0 Å². The molecule has 4 rings (SSSR count). The number of halogens is 1. The highest BCUT2D eigenvalue weighted by Gasteiger charge is 2.13. The molecule has 2 nitrogen and oxygen atoms in total. The van der Waals surface area contributed by atoms with Gasteiger partial charge in [-0.2, -0.15) is 0 Å². The van der Waals surface area contributed by atoms with Crippen LogP contribution in [0.4, 0.5) is 5.69 Å². The molecule has 0 aromatic heterocycles. The first-order chi connectivity index (χ1) is 8.84. The normalized spacial score (nSPS) is 14.3. The minimum Gasteiger partial charge on any atom is -0.288 e. The minimum absolute atomic E-state index is 0.695. The first-order valence-corrected chi connectivity index (χ1v) is 6.22. The van der Waals surface area contributed by atoms with Crippen molar-refractivity contribution in [3.05, 3.63) is 61.9 Å². The fraction of sp³-hybridized carbons (Fsp3) is 0.0667. The Balaban J connectivity index is 2.29. The highest BCUT2D eigenvalue weighted by molar-refractivity contribution is 6.33. The zero-order valence-electron chi connectivity index (χ0n) is 9.52. The Bertz CT molecular complexity index is 911. The molecule has 2 aliphatic rings. The van der Waals surface area contributed by atoms with Gasteiger partial charge in [0.2, 0.25) is 0 Å². The third-order valence-corrected chi connectivity index (χ3v) is 3.78. The number of hydrogen-bond acceptors (Lipinski definition) is 2. The molecule has 86 valence electrons. The number of hydrogen-bond donors (Lipinski definition) is 0. The second-order valence-corrected chi connectivity index (χ2v) is 4.82. The lowest BCUT2D eigenvalue weighted by Crippen LogP contribution is -2.13. The van der Waals surface area contributed by atoms with Crippen LogP contribution in [0.25, 0.3) is 6.08 Å². The van der Waals surface area contributed by atoms with E-state index in [-0.39, 0.29) is 0 Å². The zero-order valence-corrected chi connectivity index (χ0v) is 10.3. The Morgan fingerprint density at radius 1 is 1.11 bits per heavy atom. The van der Waals surface area contributed by atoms with Crippen molar-refractivity contribution in [1.82, 2.24) is 0 Å². The third-order valence-electron chi connectivity index (χ3n) is 3.40. The number of aliphatic imine (C=N–C) groups is 1. The van der Waals surface area contributed by atoms with Crippen LogP contribution < -0.4 is 10.6 Å². The van der Waals surface area contributed by atoms with Gasteiger partial charge in [0, 0.05) is 21.9 Å². The molecule has 0 saturated carbocycles. The molecular formula is C15H9ClN2. The summed E-state index contributed by atoms with van der Waals surface area (Å²) < 4.78 is 0. The van der Waals surface area contributed by atoms with Crippen LogP contribution in [0.5, 0.6) is 0 Å². The predicted octanol–water partition coefficient (Wildman–Crippen LogP) is 2.26. The van der Waals surface area contributed by atoms with Crippen LogP contribution in [0.3, 0.4) is 0 Å². The van der Waals surface area contributed by atoms with Crippen LogP contribution in [0.2, 0.25) is 5.02 Å². The topological polar surface area (TPSA) is 24.7 Å². The standard InChI is InChI=1S/C15H9ClN2/c16-14-10-5-6-17-8-9(10)7-12-11-3-1-2-4-13(11)18-15(12)14/h1-7H,8H2. The maximum absolute atomic E-state index is 6.48. The lowest BCUT2D eigenvalue weighted by Gasteiger charge is -2.06. The van der Waals surface area contributed by atoms with Gasteiger partial charge in [-0.15, -0.1) is 0 Å². The Morgan fingerprint density at radius 3 is 2.94 bits per heavy atom. The van der Waals surface area contributed by atoms with E-state index in [2.05, 4.69) is 22.1 Å². The molecule has 0 N–H and O–H groups in total. The van der Waals surface area contributed by atoms with Crippen LogP contribution in [0, 0.1) is 10.4 Å². The van der Waals surface area contributed by atoms with E-state index < -0.39 is 0 Å². The lowest BCUT2D eigenvalue weighted by atomic mass is 10.1. The fourth-order valence-electron chi connectivity index (χ4n) is 2.53. The van der Waals surface area contributed by atoms with E-state index in [1.807, 2.05) is 30.5 Å². The second kappa shape index (κ2) is 3.53. The molecule has 0 atom stereocenters. The number of rotatable bonds is 0. The fourth-order valence-corrected chi connectivity index (χ4v) is 2.86. The Labute approximate surface area is 108 Å². The number of fused-ring (bicyclic) bond motifs is 3. The van der Waals surface area contributed by atoms with Crippen molar-refractivity contribution in [3.8, 4) is 0 Å². The molecule has 0 unspecified atom stereocenters. The van der Waals surface area contributed by atoms with Gasteiger partial charge in [-0.3, -0.25) is 4.99 Å². The number of para-hydroxylation sites is 1. The van der Waals surface area contributed by atoms with Crippen molar-refractivity contribution in [2.45, 2.75) is 6.54 Å². The SMILES string of the molecule is Clc1c2c(cc3c1=CC=NC3)=c1ccccc1=N2. The Kier molecular flexibility index (Phi) is 1.97. The van der Waals surface area contributed by atoms with Gasteiger partial charge in [0.1, 0.15) is 0 Å². The van der Waals surface area contributed by atoms with Gasteiger partial charge in [-0.25, -0.2) is 4.99 Å². The lowest BCUT2D eigenvalue weighted by molar-refractivity contribution is 1.05. The molecule has 2 aromatic carbocycles. The second-order valence-electron chi connectivity index (χ2n) is 4.44. The molecule has 0 radical (unpaired) electrons. The van der Waals surface area contributed by atoms with Gasteiger partial charge in [-0.1, -0.05) is 29.8 Å². The number of benzene rings is 2. The van der Waals surface area contributed by atoms with Crippen molar-refractivity contribution >= 4 is 29.6 Å². The van der Waals surface area contributed by atoms with Gasteiger partial charge in [0.05, 0.1) is 22.6 Å². The Morgan fingerprint density at radius 2 is 2.00 bits per heavy atom. The number of nitrogens with zero attached hydrogens (tertiary/aromatic N) is 2. The smallest absolute Gasteiger partial charge is 0.0908 e. The van der Waals surface area contributed by atoms with E-state index in [1.165, 1.54) is 5.56 Å². The van der Waals surface area contributed by atoms with Crippen molar-refractivity contribution in [2.24, 2.45) is 9.98 Å². The summed E-state index contributed by atoms with van der Waals surface area (Å²) >= 11 is 6.48. The van der Waals surface area contributed by atoms with Gasteiger partial charge in [0.15, 0.2) is 0 Å². The zero-order chi connectivity index (χ0) is 12.1. The molecule has 0 bridgehead atoms. The van der Waals surface area contributed by atoms with Crippen LogP contribution in [0.1, 0.15) is 5.56 Å². The van der Waals surface area contributed by atoms with Crippen molar-refractivity contribution < 1.29 is 0 Å². The molecule has 0 spiro atoms. The molecule has 2 aliphatic heterocycles. The largest absolute Gasteiger partial charge is 0.288 e.